The molecule has 0 saturated heterocycles. The maximum absolute atomic E-state index is 6.45. The molecular weight excluding hydrogens is 268 g/mol. The van der Waals surface area contributed by atoms with E-state index in [1.54, 1.807) is 0 Å². The van der Waals surface area contributed by atoms with Gasteiger partial charge in [-0.3, -0.25) is 0 Å². The highest BCUT2D eigenvalue weighted by Gasteiger charge is 2.25. The molecule has 1 aromatic heterocycles. The van der Waals surface area contributed by atoms with Crippen LogP contribution >= 0.6 is 0 Å². The van der Waals surface area contributed by atoms with Crippen LogP contribution in [-0.4, -0.2) is 0 Å². The van der Waals surface area contributed by atoms with Crippen LogP contribution in [0, 0.1) is 6.92 Å². The topological polar surface area (TPSA) is 13.1 Å². The van der Waals surface area contributed by atoms with Gasteiger partial charge in [0.05, 0.1) is 0 Å². The Morgan fingerprint density at radius 1 is 0.727 bits per heavy atom. The van der Waals surface area contributed by atoms with Crippen LogP contribution in [0.3, 0.4) is 0 Å². The zero-order valence-electron chi connectivity index (χ0n) is 14.8. The molecule has 0 N–H and O–H groups in total. The summed E-state index contributed by atoms with van der Waals surface area (Å²) in [5.41, 5.74) is 6.14. The van der Waals surface area contributed by atoms with Gasteiger partial charge in [0.2, 0.25) is 0 Å². The predicted octanol–water partition coefficient (Wildman–Crippen LogP) is 6.49. The van der Waals surface area contributed by atoms with Gasteiger partial charge in [-0.25, -0.2) is 0 Å². The van der Waals surface area contributed by atoms with E-state index in [0.717, 1.165) is 11.2 Å². The van der Waals surface area contributed by atoms with Crippen LogP contribution in [0.4, 0.5) is 0 Å². The number of furan rings is 1. The van der Waals surface area contributed by atoms with Crippen LogP contribution in [0.25, 0.3) is 21.9 Å². The number of fused-ring (bicyclic) bond motifs is 3. The Kier molecular flexibility index (Phi) is 3.18. The first kappa shape index (κ1) is 15.1. The molecule has 22 heavy (non-hydrogen) atoms. The Morgan fingerprint density at radius 2 is 1.36 bits per heavy atom. The molecule has 3 aromatic rings. The first-order chi connectivity index (χ1) is 10.1. The van der Waals surface area contributed by atoms with Crippen molar-refractivity contribution in [2.75, 3.05) is 0 Å². The number of rotatable bonds is 0. The molecule has 1 nitrogen and oxygen atoms in total. The van der Waals surface area contributed by atoms with Gasteiger partial charge in [0.15, 0.2) is 0 Å². The first-order valence-corrected chi connectivity index (χ1v) is 8.06. The molecule has 0 fully saturated rings. The fraction of sp³-hybridized carbons (Fsp3) is 0.429. The molecule has 0 bridgehead atoms. The van der Waals surface area contributed by atoms with Gasteiger partial charge in [0.25, 0.3) is 0 Å². The molecule has 116 valence electrons. The van der Waals surface area contributed by atoms with E-state index in [4.69, 9.17) is 4.42 Å². The van der Waals surface area contributed by atoms with E-state index in [0.29, 0.717) is 0 Å². The van der Waals surface area contributed by atoms with Crippen molar-refractivity contribution in [1.82, 2.24) is 0 Å². The molecule has 1 heterocycles. The normalized spacial score (nSPS) is 13.2. The predicted molar refractivity (Wildman–Crippen MR) is 95.9 cm³/mol. The summed E-state index contributed by atoms with van der Waals surface area (Å²) in [4.78, 5) is 0. The number of hydrogen-bond acceptors (Lipinski definition) is 1. The van der Waals surface area contributed by atoms with Crippen LogP contribution in [0.15, 0.2) is 34.7 Å². The van der Waals surface area contributed by atoms with Crippen LogP contribution in [0.1, 0.15) is 58.2 Å². The lowest BCUT2D eigenvalue weighted by atomic mass is 9.82. The maximum Gasteiger partial charge on any atom is 0.139 e. The summed E-state index contributed by atoms with van der Waals surface area (Å²) in [6.07, 6.45) is 0. The van der Waals surface area contributed by atoms with E-state index >= 15 is 0 Å². The minimum atomic E-state index is 0.0688. The SMILES string of the molecule is Cc1ccc2c(oc3c(C(C)(C)C)cccc32)c1C(C)(C)C. The lowest BCUT2D eigenvalue weighted by Gasteiger charge is -2.21. The first-order valence-electron chi connectivity index (χ1n) is 8.06. The molecule has 2 aromatic carbocycles. The highest BCUT2D eigenvalue weighted by Crippen LogP contribution is 2.41. The molecule has 0 radical (unpaired) electrons. The fourth-order valence-electron chi connectivity index (χ4n) is 3.48. The fourth-order valence-corrected chi connectivity index (χ4v) is 3.48. The van der Waals surface area contributed by atoms with Crippen molar-refractivity contribution in [2.24, 2.45) is 0 Å². The molecule has 0 saturated carbocycles. The third-order valence-corrected chi connectivity index (χ3v) is 4.43. The second-order valence-electron chi connectivity index (χ2n) is 8.42. The Hall–Kier alpha value is -1.76. The molecule has 0 aliphatic carbocycles. The summed E-state index contributed by atoms with van der Waals surface area (Å²) in [6.45, 7) is 15.7. The van der Waals surface area contributed by atoms with Crippen molar-refractivity contribution in [1.29, 1.82) is 0 Å². The van der Waals surface area contributed by atoms with Crippen LogP contribution < -0.4 is 0 Å². The monoisotopic (exact) mass is 294 g/mol. The van der Waals surface area contributed by atoms with Gasteiger partial charge in [-0.1, -0.05) is 71.9 Å². The third kappa shape index (κ3) is 2.24. The van der Waals surface area contributed by atoms with E-state index in [2.05, 4.69) is 78.8 Å². The van der Waals surface area contributed by atoms with Crippen molar-refractivity contribution in [3.05, 3.63) is 47.0 Å². The molecule has 0 amide bonds. The second-order valence-corrected chi connectivity index (χ2v) is 8.42. The van der Waals surface area contributed by atoms with E-state index in [1.165, 1.54) is 27.5 Å². The van der Waals surface area contributed by atoms with Crippen molar-refractivity contribution >= 4 is 21.9 Å². The maximum atomic E-state index is 6.45. The highest BCUT2D eigenvalue weighted by molar-refractivity contribution is 6.07. The number of benzene rings is 2. The van der Waals surface area contributed by atoms with Gasteiger partial charge in [0, 0.05) is 21.9 Å². The Labute approximate surface area is 133 Å². The van der Waals surface area contributed by atoms with E-state index in [-0.39, 0.29) is 10.8 Å². The summed E-state index contributed by atoms with van der Waals surface area (Å²) in [5, 5.41) is 2.46. The van der Waals surface area contributed by atoms with Gasteiger partial charge in [-0.2, -0.15) is 0 Å². The van der Waals surface area contributed by atoms with E-state index < -0.39 is 0 Å². The molecule has 0 spiro atoms. The minimum absolute atomic E-state index is 0.0688. The summed E-state index contributed by atoms with van der Waals surface area (Å²) < 4.78 is 6.45. The molecule has 1 heteroatoms. The van der Waals surface area contributed by atoms with Gasteiger partial charge < -0.3 is 4.42 Å². The van der Waals surface area contributed by atoms with E-state index in [9.17, 15) is 0 Å². The minimum Gasteiger partial charge on any atom is -0.455 e. The van der Waals surface area contributed by atoms with Crippen LogP contribution in [0.5, 0.6) is 0 Å². The van der Waals surface area contributed by atoms with Crippen molar-refractivity contribution in [3.63, 3.8) is 0 Å². The van der Waals surface area contributed by atoms with Crippen molar-refractivity contribution in [3.8, 4) is 0 Å². The smallest absolute Gasteiger partial charge is 0.139 e. The van der Waals surface area contributed by atoms with Gasteiger partial charge in [-0.05, 0) is 23.3 Å². The molecule has 0 aliphatic rings. The van der Waals surface area contributed by atoms with Gasteiger partial charge in [0.1, 0.15) is 11.2 Å². The molecule has 0 aliphatic heterocycles. The average molecular weight is 294 g/mol. The lowest BCUT2D eigenvalue weighted by molar-refractivity contribution is 0.555. The largest absolute Gasteiger partial charge is 0.455 e. The zero-order chi connectivity index (χ0) is 16.3. The average Bonchev–Trinajstić information content (AvgIpc) is 2.73. The van der Waals surface area contributed by atoms with Crippen LogP contribution in [0.2, 0.25) is 0 Å². The Morgan fingerprint density at radius 3 is 1.95 bits per heavy atom. The van der Waals surface area contributed by atoms with Crippen molar-refractivity contribution < 1.29 is 4.42 Å². The summed E-state index contributed by atoms with van der Waals surface area (Å²) >= 11 is 0. The molecule has 0 unspecified atom stereocenters. The highest BCUT2D eigenvalue weighted by atomic mass is 16.3. The molecule has 3 rings (SSSR count). The Balaban J connectivity index is 2.50. The summed E-state index contributed by atoms with van der Waals surface area (Å²) in [6, 6.07) is 10.9. The van der Waals surface area contributed by atoms with Gasteiger partial charge >= 0.3 is 0 Å². The standard InChI is InChI=1S/C21H26O/c1-13-11-12-15-14-9-8-10-16(20(2,3)4)18(14)22-19(15)17(13)21(5,6)7/h8-12H,1-7H3. The zero-order valence-corrected chi connectivity index (χ0v) is 14.8. The quantitative estimate of drug-likeness (QED) is 0.462. The number of para-hydroxylation sites is 1. The van der Waals surface area contributed by atoms with Crippen LogP contribution in [-0.2, 0) is 10.8 Å². The Bertz CT molecular complexity index is 851. The number of aryl methyl sites for hydroxylation is 1. The lowest BCUT2D eigenvalue weighted by Crippen LogP contribution is -2.13. The van der Waals surface area contributed by atoms with Crippen molar-refractivity contribution in [2.45, 2.75) is 59.3 Å². The summed E-state index contributed by atoms with van der Waals surface area (Å²) in [7, 11) is 0. The molecular formula is C21H26O. The second kappa shape index (κ2) is 4.62. The van der Waals surface area contributed by atoms with Gasteiger partial charge in [-0.15, -0.1) is 0 Å². The van der Waals surface area contributed by atoms with E-state index in [1.807, 2.05) is 0 Å². The molecule has 0 atom stereocenters. The number of hydrogen-bond donors (Lipinski definition) is 0. The summed E-state index contributed by atoms with van der Waals surface area (Å²) in [5.74, 6) is 0. The third-order valence-electron chi connectivity index (χ3n) is 4.43.